The first kappa shape index (κ1) is 19.3. The Bertz CT molecular complexity index is 467. The van der Waals surface area contributed by atoms with E-state index in [1.807, 2.05) is 0 Å². The first-order chi connectivity index (χ1) is 11.7. The Kier molecular flexibility index (Phi) is 8.62. The van der Waals surface area contributed by atoms with Gasteiger partial charge in [0.1, 0.15) is 18.4 Å². The van der Waals surface area contributed by atoms with Gasteiger partial charge in [-0.15, -0.1) is 0 Å². The molecule has 2 rings (SSSR count). The average molecular weight is 335 g/mol. The molecule has 1 aliphatic rings. The zero-order valence-electron chi connectivity index (χ0n) is 15.9. The van der Waals surface area contributed by atoms with E-state index in [2.05, 4.69) is 44.3 Å². The molecule has 1 heterocycles. The molecule has 136 valence electrons. The summed E-state index contributed by atoms with van der Waals surface area (Å²) in [6.07, 6.45) is 8.03. The molecule has 0 bridgehead atoms. The fraction of sp³-hybridized carbons (Fsp3) is 0.714. The molecule has 0 unspecified atom stereocenters. The van der Waals surface area contributed by atoms with Crippen molar-refractivity contribution in [2.24, 2.45) is 0 Å². The van der Waals surface area contributed by atoms with E-state index in [9.17, 15) is 0 Å². The third-order valence-corrected chi connectivity index (χ3v) is 4.89. The van der Waals surface area contributed by atoms with E-state index in [4.69, 9.17) is 9.47 Å². The van der Waals surface area contributed by atoms with Crippen LogP contribution in [0.3, 0.4) is 0 Å². The van der Waals surface area contributed by atoms with Crippen molar-refractivity contribution in [1.82, 2.24) is 0 Å². The predicted octanol–water partition coefficient (Wildman–Crippen LogP) is 3.80. The Hall–Kier alpha value is -1.06. The lowest BCUT2D eigenvalue weighted by Gasteiger charge is -2.12. The van der Waals surface area contributed by atoms with Crippen LogP contribution in [0.2, 0.25) is 0 Å². The van der Waals surface area contributed by atoms with Gasteiger partial charge in [0, 0.05) is 6.61 Å². The topological polar surface area (TPSA) is 35.1 Å². The lowest BCUT2D eigenvalue weighted by atomic mass is 10.0. The summed E-state index contributed by atoms with van der Waals surface area (Å²) >= 11 is 0. The Labute approximate surface area is 148 Å². The summed E-state index contributed by atoms with van der Waals surface area (Å²) in [7, 11) is 0. The minimum absolute atomic E-state index is 0.517. The van der Waals surface area contributed by atoms with Gasteiger partial charge in [0.2, 0.25) is 0 Å². The van der Waals surface area contributed by atoms with Crippen LogP contribution in [0.1, 0.15) is 69.4 Å². The summed E-state index contributed by atoms with van der Waals surface area (Å²) in [6.45, 7) is 10.8. The van der Waals surface area contributed by atoms with Gasteiger partial charge in [-0.1, -0.05) is 26.0 Å². The zero-order valence-corrected chi connectivity index (χ0v) is 15.9. The molecule has 2 N–H and O–H groups in total. The molecule has 1 saturated heterocycles. The van der Waals surface area contributed by atoms with Gasteiger partial charge in [0.15, 0.2) is 0 Å². The molecule has 0 radical (unpaired) electrons. The van der Waals surface area contributed by atoms with Crippen LogP contribution >= 0.6 is 0 Å². The van der Waals surface area contributed by atoms with Gasteiger partial charge in [-0.25, -0.2) is 0 Å². The van der Waals surface area contributed by atoms with Crippen molar-refractivity contribution in [2.45, 2.75) is 71.3 Å². The first-order valence-electron chi connectivity index (χ1n) is 9.83. The second-order valence-electron chi connectivity index (χ2n) is 7.39. The first-order valence-corrected chi connectivity index (χ1v) is 9.83. The molecular weight excluding hydrogens is 298 g/mol. The lowest BCUT2D eigenvalue weighted by molar-refractivity contribution is -0.661. The van der Waals surface area contributed by atoms with Crippen molar-refractivity contribution in [3.8, 4) is 5.75 Å². The van der Waals surface area contributed by atoms with Crippen LogP contribution in [-0.4, -0.2) is 32.4 Å². The molecule has 3 heteroatoms. The number of hydrogen-bond donors (Lipinski definition) is 1. The molecule has 1 atom stereocenters. The predicted molar refractivity (Wildman–Crippen MR) is 99.9 cm³/mol. The molecule has 3 nitrogen and oxygen atoms in total. The molecule has 1 aromatic rings. The molecule has 0 amide bonds. The van der Waals surface area contributed by atoms with E-state index in [1.165, 1.54) is 49.8 Å². The van der Waals surface area contributed by atoms with Crippen LogP contribution in [-0.2, 0) is 4.74 Å². The molecule has 1 aromatic carbocycles. The van der Waals surface area contributed by atoms with E-state index < -0.39 is 0 Å². The van der Waals surface area contributed by atoms with Crippen molar-refractivity contribution in [3.05, 3.63) is 29.3 Å². The number of hydrogen-bond acceptors (Lipinski definition) is 2. The van der Waals surface area contributed by atoms with Crippen molar-refractivity contribution in [3.63, 3.8) is 0 Å². The summed E-state index contributed by atoms with van der Waals surface area (Å²) in [5, 5.41) is 2.42. The van der Waals surface area contributed by atoms with Gasteiger partial charge in [-0.3, -0.25) is 0 Å². The second-order valence-corrected chi connectivity index (χ2v) is 7.39. The highest BCUT2D eigenvalue weighted by Crippen LogP contribution is 2.24. The highest BCUT2D eigenvalue weighted by molar-refractivity contribution is 5.37. The highest BCUT2D eigenvalue weighted by atomic mass is 16.5. The number of nitrogens with two attached hydrogens (primary N) is 1. The maximum Gasteiger partial charge on any atom is 0.122 e. The highest BCUT2D eigenvalue weighted by Gasteiger charge is 2.16. The zero-order chi connectivity index (χ0) is 17.2. The molecule has 0 saturated carbocycles. The SMILES string of the molecule is Cc1ccc(C(C)C)cc1OCCCCCC[NH2+]C[C@@H]1CCCO1. The largest absolute Gasteiger partial charge is 0.493 e. The third-order valence-electron chi connectivity index (χ3n) is 4.89. The van der Waals surface area contributed by atoms with Crippen LogP contribution in [0.4, 0.5) is 0 Å². The van der Waals surface area contributed by atoms with Gasteiger partial charge in [-0.2, -0.15) is 0 Å². The fourth-order valence-corrected chi connectivity index (χ4v) is 3.19. The fourth-order valence-electron chi connectivity index (χ4n) is 3.19. The summed E-state index contributed by atoms with van der Waals surface area (Å²) < 4.78 is 11.6. The normalized spacial score (nSPS) is 17.6. The molecule has 24 heavy (non-hydrogen) atoms. The Morgan fingerprint density at radius 2 is 2.04 bits per heavy atom. The van der Waals surface area contributed by atoms with E-state index in [-0.39, 0.29) is 0 Å². The molecule has 1 fully saturated rings. The number of benzene rings is 1. The van der Waals surface area contributed by atoms with Crippen molar-refractivity contribution in [1.29, 1.82) is 0 Å². The quantitative estimate of drug-likeness (QED) is 0.625. The maximum absolute atomic E-state index is 6.00. The van der Waals surface area contributed by atoms with Crippen LogP contribution in [0, 0.1) is 6.92 Å². The number of ether oxygens (including phenoxy) is 2. The van der Waals surface area contributed by atoms with Crippen LogP contribution in [0.25, 0.3) is 0 Å². The van der Waals surface area contributed by atoms with E-state index >= 15 is 0 Å². The Balaban J connectivity index is 1.49. The van der Waals surface area contributed by atoms with Crippen molar-refractivity contribution >= 4 is 0 Å². The summed E-state index contributed by atoms with van der Waals surface area (Å²) in [4.78, 5) is 0. The molecule has 0 spiro atoms. The molecule has 1 aliphatic heterocycles. The Morgan fingerprint density at radius 3 is 2.79 bits per heavy atom. The van der Waals surface area contributed by atoms with E-state index in [0.29, 0.717) is 12.0 Å². The van der Waals surface area contributed by atoms with Gasteiger partial charge in [-0.05, 0) is 68.6 Å². The van der Waals surface area contributed by atoms with E-state index in [1.54, 1.807) is 0 Å². The Morgan fingerprint density at radius 1 is 1.21 bits per heavy atom. The number of unbranched alkanes of at least 4 members (excludes halogenated alkanes) is 3. The average Bonchev–Trinajstić information content (AvgIpc) is 3.08. The van der Waals surface area contributed by atoms with Crippen LogP contribution in [0.5, 0.6) is 5.75 Å². The minimum Gasteiger partial charge on any atom is -0.493 e. The van der Waals surface area contributed by atoms with Crippen molar-refractivity contribution in [2.75, 3.05) is 26.3 Å². The van der Waals surface area contributed by atoms with E-state index in [0.717, 1.165) is 31.9 Å². The third kappa shape index (κ3) is 6.82. The second kappa shape index (κ2) is 10.7. The molecular formula is C21H36NO2+. The molecule has 0 aromatic heterocycles. The lowest BCUT2D eigenvalue weighted by Crippen LogP contribution is -2.86. The minimum atomic E-state index is 0.517. The van der Waals surface area contributed by atoms with Gasteiger partial charge in [0.25, 0.3) is 0 Å². The van der Waals surface area contributed by atoms with Crippen molar-refractivity contribution < 1.29 is 14.8 Å². The number of quaternary nitrogens is 1. The van der Waals surface area contributed by atoms with Gasteiger partial charge < -0.3 is 14.8 Å². The van der Waals surface area contributed by atoms with Crippen LogP contribution in [0.15, 0.2) is 18.2 Å². The summed E-state index contributed by atoms with van der Waals surface area (Å²) in [5.74, 6) is 1.62. The van der Waals surface area contributed by atoms with Gasteiger partial charge in [0.05, 0.1) is 13.2 Å². The summed E-state index contributed by atoms with van der Waals surface area (Å²) in [5.41, 5.74) is 2.60. The maximum atomic E-state index is 6.00. The summed E-state index contributed by atoms with van der Waals surface area (Å²) in [6, 6.07) is 6.59. The number of aryl methyl sites for hydroxylation is 1. The smallest absolute Gasteiger partial charge is 0.122 e. The molecule has 0 aliphatic carbocycles. The number of rotatable bonds is 11. The van der Waals surface area contributed by atoms with Crippen LogP contribution < -0.4 is 10.1 Å². The standard InChI is InChI=1S/C21H35NO2/c1-17(2)19-11-10-18(3)21(15-19)24-13-7-5-4-6-12-22-16-20-9-8-14-23-20/h10-11,15,17,20,22H,4-9,12-14,16H2,1-3H3/p+1/t20-/m0/s1. The van der Waals surface area contributed by atoms with Gasteiger partial charge >= 0.3 is 0 Å². The monoisotopic (exact) mass is 334 g/mol.